The molecule has 0 saturated carbocycles. The summed E-state index contributed by atoms with van der Waals surface area (Å²) in [5.41, 5.74) is 0.941. The number of imidazole rings is 1. The van der Waals surface area contributed by atoms with Gasteiger partial charge in [0.15, 0.2) is 0 Å². The molecule has 1 atom stereocenters. The van der Waals surface area contributed by atoms with Crippen molar-refractivity contribution >= 4 is 35.0 Å². The second-order valence-electron chi connectivity index (χ2n) is 5.89. The number of aromatic nitrogens is 2. The summed E-state index contributed by atoms with van der Waals surface area (Å²) >= 11 is 13.6. The average molecular weight is 359 g/mol. The molecule has 1 heterocycles. The number of hydrogen-bond acceptors (Lipinski definition) is 3. The molecule has 0 amide bonds. The Bertz CT molecular complexity index is 635. The molecule has 2 aromatic rings. The van der Waals surface area contributed by atoms with Gasteiger partial charge < -0.3 is 10.1 Å². The second-order valence-corrected chi connectivity index (χ2v) is 7.84. The first kappa shape index (κ1) is 17.7. The van der Waals surface area contributed by atoms with E-state index in [9.17, 15) is 5.11 Å². The second kappa shape index (κ2) is 7.26. The van der Waals surface area contributed by atoms with Crippen molar-refractivity contribution in [3.63, 3.8) is 0 Å². The lowest BCUT2D eigenvalue weighted by Crippen LogP contribution is -2.07. The first-order valence-electron chi connectivity index (χ1n) is 7.19. The van der Waals surface area contributed by atoms with Gasteiger partial charge in [-0.05, 0) is 30.0 Å². The summed E-state index contributed by atoms with van der Waals surface area (Å²) < 4.78 is 0. The fraction of sp³-hybridized carbons (Fsp3) is 0.438. The molecule has 120 valence electrons. The minimum absolute atomic E-state index is 0.102. The molecule has 1 unspecified atom stereocenters. The minimum atomic E-state index is -0.602. The van der Waals surface area contributed by atoms with Crippen molar-refractivity contribution in [2.75, 3.05) is 0 Å². The molecule has 0 aliphatic heterocycles. The highest BCUT2D eigenvalue weighted by Gasteiger charge is 2.21. The van der Waals surface area contributed by atoms with Crippen LogP contribution in [0.25, 0.3) is 0 Å². The van der Waals surface area contributed by atoms with E-state index in [4.69, 9.17) is 23.2 Å². The van der Waals surface area contributed by atoms with Crippen molar-refractivity contribution in [2.45, 2.75) is 49.6 Å². The van der Waals surface area contributed by atoms with Gasteiger partial charge in [-0.25, -0.2) is 4.98 Å². The van der Waals surface area contributed by atoms with Crippen LogP contribution in [0.1, 0.15) is 51.2 Å². The fourth-order valence-corrected chi connectivity index (χ4v) is 3.82. The van der Waals surface area contributed by atoms with E-state index in [0.29, 0.717) is 15.9 Å². The fourth-order valence-electron chi connectivity index (χ4n) is 2.02. The number of aliphatic hydroxyl groups is 1. The van der Waals surface area contributed by atoms with Gasteiger partial charge in [-0.1, -0.05) is 62.7 Å². The van der Waals surface area contributed by atoms with Crippen molar-refractivity contribution in [2.24, 2.45) is 5.92 Å². The number of nitrogens with zero attached hydrogens (tertiary/aromatic N) is 1. The average Bonchev–Trinajstić information content (AvgIpc) is 2.80. The number of halogens is 2. The van der Waals surface area contributed by atoms with Gasteiger partial charge in [0.1, 0.15) is 17.0 Å². The molecule has 6 heteroatoms. The maximum atomic E-state index is 10.2. The number of nitrogens with one attached hydrogen (secondary N) is 1. The van der Waals surface area contributed by atoms with Gasteiger partial charge in [0.2, 0.25) is 0 Å². The summed E-state index contributed by atoms with van der Waals surface area (Å²) in [7, 11) is 0. The van der Waals surface area contributed by atoms with Crippen molar-refractivity contribution in [1.82, 2.24) is 9.97 Å². The van der Waals surface area contributed by atoms with E-state index in [0.717, 1.165) is 15.6 Å². The third-order valence-corrected chi connectivity index (χ3v) is 4.65. The topological polar surface area (TPSA) is 48.9 Å². The summed E-state index contributed by atoms with van der Waals surface area (Å²) in [5, 5.41) is 12.3. The molecule has 0 radical (unpaired) electrons. The maximum absolute atomic E-state index is 10.2. The van der Waals surface area contributed by atoms with Crippen molar-refractivity contribution in [3.05, 3.63) is 39.8 Å². The van der Waals surface area contributed by atoms with Crippen LogP contribution in [-0.2, 0) is 0 Å². The van der Waals surface area contributed by atoms with Crippen LogP contribution < -0.4 is 0 Å². The highest BCUT2D eigenvalue weighted by atomic mass is 35.5. The van der Waals surface area contributed by atoms with E-state index in [1.807, 2.05) is 26.0 Å². The number of rotatable bonds is 5. The smallest absolute Gasteiger partial charge is 0.136 e. The van der Waals surface area contributed by atoms with E-state index >= 15 is 0 Å². The quantitative estimate of drug-likeness (QED) is 0.722. The Labute approximate surface area is 145 Å². The molecule has 2 rings (SSSR count). The number of aliphatic hydroxyl groups excluding tert-OH is 1. The zero-order valence-electron chi connectivity index (χ0n) is 13.0. The molecule has 1 aromatic heterocycles. The largest absolute Gasteiger partial charge is 0.385 e. The number of aromatic amines is 1. The maximum Gasteiger partial charge on any atom is 0.136 e. The summed E-state index contributed by atoms with van der Waals surface area (Å²) in [4.78, 5) is 8.77. The van der Waals surface area contributed by atoms with Gasteiger partial charge in [0, 0.05) is 14.9 Å². The molecule has 1 aromatic carbocycles. The van der Waals surface area contributed by atoms with Gasteiger partial charge in [-0.15, -0.1) is 0 Å². The van der Waals surface area contributed by atoms with E-state index in [1.54, 1.807) is 6.07 Å². The minimum Gasteiger partial charge on any atom is -0.385 e. The van der Waals surface area contributed by atoms with Gasteiger partial charge in [-0.2, -0.15) is 0 Å². The molecule has 0 saturated heterocycles. The van der Waals surface area contributed by atoms with Crippen LogP contribution in [0.5, 0.6) is 0 Å². The summed E-state index contributed by atoms with van der Waals surface area (Å²) in [6.45, 7) is 8.09. The third-order valence-electron chi connectivity index (χ3n) is 3.23. The van der Waals surface area contributed by atoms with Gasteiger partial charge in [0.05, 0.1) is 5.69 Å². The molecule has 0 bridgehead atoms. The highest BCUT2D eigenvalue weighted by molar-refractivity contribution is 7.99. The Morgan fingerprint density at radius 2 is 1.68 bits per heavy atom. The van der Waals surface area contributed by atoms with Crippen molar-refractivity contribution < 1.29 is 5.11 Å². The van der Waals surface area contributed by atoms with Crippen LogP contribution in [0.2, 0.25) is 10.0 Å². The molecule has 2 N–H and O–H groups in total. The predicted octanol–water partition coefficient (Wildman–Crippen LogP) is 5.68. The van der Waals surface area contributed by atoms with Crippen LogP contribution in [0.15, 0.2) is 28.1 Å². The molecular weight excluding hydrogens is 339 g/mol. The van der Waals surface area contributed by atoms with Crippen molar-refractivity contribution in [3.8, 4) is 0 Å². The summed E-state index contributed by atoms with van der Waals surface area (Å²) in [6, 6.07) is 5.43. The number of H-pyrrole nitrogens is 1. The lowest BCUT2D eigenvalue weighted by molar-refractivity contribution is 0.118. The lowest BCUT2D eigenvalue weighted by atomic mass is 10.1. The van der Waals surface area contributed by atoms with E-state index in [-0.39, 0.29) is 11.8 Å². The molecule has 0 spiro atoms. The van der Waals surface area contributed by atoms with Crippen LogP contribution in [-0.4, -0.2) is 15.1 Å². The molecule has 0 aliphatic carbocycles. The van der Waals surface area contributed by atoms with Crippen LogP contribution >= 0.6 is 35.0 Å². The van der Waals surface area contributed by atoms with Crippen LogP contribution in [0.3, 0.4) is 0 Å². The van der Waals surface area contributed by atoms with Gasteiger partial charge in [0.25, 0.3) is 0 Å². The molecule has 0 aliphatic rings. The number of hydrogen-bond donors (Lipinski definition) is 2. The Hall–Kier alpha value is -0.680. The van der Waals surface area contributed by atoms with E-state index < -0.39 is 6.10 Å². The summed E-state index contributed by atoms with van der Waals surface area (Å²) in [6.07, 6.45) is -0.602. The summed E-state index contributed by atoms with van der Waals surface area (Å²) in [5.74, 6) is 0.959. The standard InChI is InChI=1S/C16H20Cl2N2OS/c1-8(2)13-16(20-15(19-13)14(21)9(3)4)22-12-6-10(17)5-11(18)7-12/h5-9,14,21H,1-4H3,(H,19,20). The van der Waals surface area contributed by atoms with Gasteiger partial charge >= 0.3 is 0 Å². The van der Waals surface area contributed by atoms with E-state index in [1.165, 1.54) is 11.8 Å². The van der Waals surface area contributed by atoms with Crippen molar-refractivity contribution in [1.29, 1.82) is 0 Å². The SMILES string of the molecule is CC(C)c1nc(C(O)C(C)C)[nH]c1Sc1cc(Cl)cc(Cl)c1. The first-order valence-corrected chi connectivity index (χ1v) is 8.77. The molecule has 0 fully saturated rings. The predicted molar refractivity (Wildman–Crippen MR) is 93.1 cm³/mol. The van der Waals surface area contributed by atoms with Crippen LogP contribution in [0, 0.1) is 5.92 Å². The molecule has 3 nitrogen and oxygen atoms in total. The lowest BCUT2D eigenvalue weighted by Gasteiger charge is -2.10. The molecule has 22 heavy (non-hydrogen) atoms. The Morgan fingerprint density at radius 3 is 2.18 bits per heavy atom. The monoisotopic (exact) mass is 358 g/mol. The third kappa shape index (κ3) is 4.19. The Morgan fingerprint density at radius 1 is 1.09 bits per heavy atom. The van der Waals surface area contributed by atoms with E-state index in [2.05, 4.69) is 23.8 Å². The number of benzene rings is 1. The zero-order chi connectivity index (χ0) is 16.4. The van der Waals surface area contributed by atoms with Gasteiger partial charge in [-0.3, -0.25) is 0 Å². The van der Waals surface area contributed by atoms with Crippen LogP contribution in [0.4, 0.5) is 0 Å². The highest BCUT2D eigenvalue weighted by Crippen LogP contribution is 2.36. The first-order chi connectivity index (χ1) is 10.3. The normalized spacial score (nSPS) is 13.1. The Balaban J connectivity index is 2.36. The Kier molecular flexibility index (Phi) is 5.83. The molecular formula is C16H20Cl2N2OS. The zero-order valence-corrected chi connectivity index (χ0v) is 15.4.